The Kier molecular flexibility index (Phi) is 5.24. The predicted octanol–water partition coefficient (Wildman–Crippen LogP) is 2.57. The number of rotatable bonds is 4. The SMILES string of the molecule is C[C@H](Oc1ccc(F)cc1Cl)C(=O)N1CCC(C(=O)O)CC1. The first-order chi connectivity index (χ1) is 10.4. The second-order valence-electron chi connectivity index (χ2n) is 5.27. The van der Waals surface area contributed by atoms with Gasteiger partial charge in [-0.05, 0) is 38.0 Å². The molecule has 1 aliphatic heterocycles. The number of benzene rings is 1. The lowest BCUT2D eigenvalue weighted by Gasteiger charge is -2.32. The molecule has 0 saturated carbocycles. The molecule has 0 spiro atoms. The van der Waals surface area contributed by atoms with Crippen LogP contribution in [0.5, 0.6) is 5.75 Å². The van der Waals surface area contributed by atoms with Crippen LogP contribution in [-0.4, -0.2) is 41.1 Å². The summed E-state index contributed by atoms with van der Waals surface area (Å²) in [5.74, 6) is -1.69. The molecular weight excluding hydrogens is 313 g/mol. The molecule has 2 rings (SSSR count). The van der Waals surface area contributed by atoms with Gasteiger partial charge in [-0.25, -0.2) is 4.39 Å². The van der Waals surface area contributed by atoms with Gasteiger partial charge in [0.25, 0.3) is 5.91 Å². The molecule has 1 heterocycles. The van der Waals surface area contributed by atoms with Crippen molar-refractivity contribution in [3.05, 3.63) is 29.0 Å². The fourth-order valence-electron chi connectivity index (χ4n) is 2.42. The number of carboxylic acid groups (broad SMARTS) is 1. The standard InChI is InChI=1S/C15H17ClFNO4/c1-9(22-13-3-2-11(17)8-12(13)16)14(19)18-6-4-10(5-7-18)15(20)21/h2-3,8-10H,4-7H2,1H3,(H,20,21)/t9-/m0/s1. The average molecular weight is 330 g/mol. The van der Waals surface area contributed by atoms with Gasteiger partial charge in [-0.1, -0.05) is 11.6 Å². The molecule has 1 N–H and O–H groups in total. The smallest absolute Gasteiger partial charge is 0.306 e. The zero-order valence-corrected chi connectivity index (χ0v) is 12.8. The Morgan fingerprint density at radius 1 is 1.41 bits per heavy atom. The number of carbonyl (C=O) groups excluding carboxylic acids is 1. The molecular formula is C15H17ClFNO4. The summed E-state index contributed by atoms with van der Waals surface area (Å²) in [7, 11) is 0. The summed E-state index contributed by atoms with van der Waals surface area (Å²) in [6, 6.07) is 3.70. The molecule has 1 amide bonds. The van der Waals surface area contributed by atoms with E-state index in [-0.39, 0.29) is 16.7 Å². The second kappa shape index (κ2) is 6.96. The molecule has 0 aliphatic carbocycles. The molecule has 0 radical (unpaired) electrons. The molecule has 0 unspecified atom stereocenters. The lowest BCUT2D eigenvalue weighted by atomic mass is 9.97. The van der Waals surface area contributed by atoms with Crippen molar-refractivity contribution in [2.24, 2.45) is 5.92 Å². The summed E-state index contributed by atoms with van der Waals surface area (Å²) in [4.78, 5) is 24.8. The van der Waals surface area contributed by atoms with Gasteiger partial charge in [-0.3, -0.25) is 9.59 Å². The number of nitrogens with zero attached hydrogens (tertiary/aromatic N) is 1. The Labute approximate surface area is 132 Å². The second-order valence-corrected chi connectivity index (χ2v) is 5.68. The lowest BCUT2D eigenvalue weighted by Crippen LogP contribution is -2.45. The molecule has 120 valence electrons. The van der Waals surface area contributed by atoms with Crippen LogP contribution < -0.4 is 4.74 Å². The van der Waals surface area contributed by atoms with E-state index < -0.39 is 23.8 Å². The monoisotopic (exact) mass is 329 g/mol. The Bertz CT molecular complexity index is 573. The van der Waals surface area contributed by atoms with E-state index in [0.717, 1.165) is 6.07 Å². The number of aliphatic carboxylic acids is 1. The van der Waals surface area contributed by atoms with Crippen LogP contribution in [0, 0.1) is 11.7 Å². The van der Waals surface area contributed by atoms with E-state index in [2.05, 4.69) is 0 Å². The third kappa shape index (κ3) is 3.88. The topological polar surface area (TPSA) is 66.8 Å². The maximum absolute atomic E-state index is 13.0. The molecule has 0 aromatic heterocycles. The third-order valence-electron chi connectivity index (χ3n) is 3.70. The molecule has 7 heteroatoms. The molecule has 22 heavy (non-hydrogen) atoms. The zero-order valence-electron chi connectivity index (χ0n) is 12.1. The van der Waals surface area contributed by atoms with Gasteiger partial charge in [0, 0.05) is 13.1 Å². The maximum Gasteiger partial charge on any atom is 0.306 e. The van der Waals surface area contributed by atoms with Crippen LogP contribution in [0.4, 0.5) is 4.39 Å². The van der Waals surface area contributed by atoms with E-state index in [1.165, 1.54) is 12.1 Å². The molecule has 1 aromatic rings. The first-order valence-electron chi connectivity index (χ1n) is 7.01. The van der Waals surface area contributed by atoms with E-state index >= 15 is 0 Å². The number of hydrogen-bond donors (Lipinski definition) is 1. The number of likely N-dealkylation sites (tertiary alicyclic amines) is 1. The molecule has 1 saturated heterocycles. The summed E-state index contributed by atoms with van der Waals surface area (Å²) in [5.41, 5.74) is 0. The third-order valence-corrected chi connectivity index (χ3v) is 4.00. The van der Waals surface area contributed by atoms with Crippen molar-refractivity contribution in [3.63, 3.8) is 0 Å². The van der Waals surface area contributed by atoms with Crippen molar-refractivity contribution in [3.8, 4) is 5.75 Å². The Morgan fingerprint density at radius 3 is 2.59 bits per heavy atom. The Balaban J connectivity index is 1.94. The minimum Gasteiger partial charge on any atom is -0.481 e. The highest BCUT2D eigenvalue weighted by Crippen LogP contribution is 2.26. The van der Waals surface area contributed by atoms with Gasteiger partial charge in [-0.2, -0.15) is 0 Å². The highest BCUT2D eigenvalue weighted by atomic mass is 35.5. The average Bonchev–Trinajstić information content (AvgIpc) is 2.49. The largest absolute Gasteiger partial charge is 0.481 e. The lowest BCUT2D eigenvalue weighted by molar-refractivity contribution is -0.147. The van der Waals surface area contributed by atoms with Gasteiger partial charge < -0.3 is 14.7 Å². The van der Waals surface area contributed by atoms with Crippen molar-refractivity contribution in [2.75, 3.05) is 13.1 Å². The van der Waals surface area contributed by atoms with Crippen LogP contribution in [0.25, 0.3) is 0 Å². The minimum atomic E-state index is -0.825. The summed E-state index contributed by atoms with van der Waals surface area (Å²) in [6.07, 6.45) is 0.0975. The van der Waals surface area contributed by atoms with Crippen LogP contribution in [0.15, 0.2) is 18.2 Å². The molecule has 1 atom stereocenters. The number of carbonyl (C=O) groups is 2. The van der Waals surface area contributed by atoms with Gasteiger partial charge in [0.2, 0.25) is 0 Å². The van der Waals surface area contributed by atoms with Crippen molar-refractivity contribution < 1.29 is 23.8 Å². The number of ether oxygens (including phenoxy) is 1. The molecule has 1 aliphatic rings. The first kappa shape index (κ1) is 16.5. The minimum absolute atomic E-state index is 0.101. The van der Waals surface area contributed by atoms with E-state index in [9.17, 15) is 14.0 Å². The van der Waals surface area contributed by atoms with E-state index in [4.69, 9.17) is 21.4 Å². The maximum atomic E-state index is 13.0. The first-order valence-corrected chi connectivity index (χ1v) is 7.39. The number of carboxylic acids is 1. The highest BCUT2D eigenvalue weighted by molar-refractivity contribution is 6.32. The van der Waals surface area contributed by atoms with Crippen molar-refractivity contribution >= 4 is 23.5 Å². The number of halogens is 2. The van der Waals surface area contributed by atoms with Crippen LogP contribution >= 0.6 is 11.6 Å². The number of amides is 1. The summed E-state index contributed by atoms with van der Waals surface area (Å²) in [5, 5.41) is 9.05. The molecule has 5 nitrogen and oxygen atoms in total. The predicted molar refractivity (Wildman–Crippen MR) is 78.4 cm³/mol. The zero-order chi connectivity index (χ0) is 16.3. The van der Waals surface area contributed by atoms with Crippen LogP contribution in [0.3, 0.4) is 0 Å². The van der Waals surface area contributed by atoms with Crippen LogP contribution in [-0.2, 0) is 9.59 Å². The molecule has 1 aromatic carbocycles. The number of piperidine rings is 1. The molecule has 0 bridgehead atoms. The van der Waals surface area contributed by atoms with Gasteiger partial charge in [0.05, 0.1) is 10.9 Å². The Hall–Kier alpha value is -1.82. The van der Waals surface area contributed by atoms with Gasteiger partial charge in [-0.15, -0.1) is 0 Å². The Morgan fingerprint density at radius 2 is 2.05 bits per heavy atom. The van der Waals surface area contributed by atoms with Gasteiger partial charge in [0.1, 0.15) is 11.6 Å². The van der Waals surface area contributed by atoms with Crippen molar-refractivity contribution in [2.45, 2.75) is 25.9 Å². The normalized spacial score (nSPS) is 17.1. The van der Waals surface area contributed by atoms with Crippen molar-refractivity contribution in [1.29, 1.82) is 0 Å². The van der Waals surface area contributed by atoms with E-state index in [1.54, 1.807) is 11.8 Å². The van der Waals surface area contributed by atoms with Gasteiger partial charge >= 0.3 is 5.97 Å². The van der Waals surface area contributed by atoms with Crippen molar-refractivity contribution in [1.82, 2.24) is 4.90 Å². The van der Waals surface area contributed by atoms with Gasteiger partial charge in [0.15, 0.2) is 6.10 Å². The summed E-state index contributed by atoms with van der Waals surface area (Å²) < 4.78 is 18.5. The van der Waals surface area contributed by atoms with Crippen LogP contribution in [0.1, 0.15) is 19.8 Å². The number of hydrogen-bond acceptors (Lipinski definition) is 3. The summed E-state index contributed by atoms with van der Waals surface area (Å²) >= 11 is 5.86. The van der Waals surface area contributed by atoms with E-state index in [1.807, 2.05) is 0 Å². The van der Waals surface area contributed by atoms with Crippen LogP contribution in [0.2, 0.25) is 5.02 Å². The quantitative estimate of drug-likeness (QED) is 0.922. The van der Waals surface area contributed by atoms with E-state index in [0.29, 0.717) is 25.9 Å². The summed E-state index contributed by atoms with van der Waals surface area (Å²) in [6.45, 7) is 2.37. The fraction of sp³-hybridized carbons (Fsp3) is 0.467. The fourth-order valence-corrected chi connectivity index (χ4v) is 2.63. The molecule has 1 fully saturated rings. The highest BCUT2D eigenvalue weighted by Gasteiger charge is 2.30.